The second-order valence-electron chi connectivity index (χ2n) is 8.15. The summed E-state index contributed by atoms with van der Waals surface area (Å²) >= 11 is 0. The Kier molecular flexibility index (Phi) is 13.9. The first-order chi connectivity index (χ1) is 16.2. The van der Waals surface area contributed by atoms with E-state index < -0.39 is 72.3 Å². The molecule has 0 saturated carbocycles. The van der Waals surface area contributed by atoms with Crippen molar-refractivity contribution in [2.75, 3.05) is 6.54 Å². The standard InChI is InChI=1S/C20H37N7O8/c1-4-9(2)14(26-16(31)11(21)8-13(29)30)17(32)27-15(10(3)28)18(33)25-12(19(34)35)6-5-7-24-20(22)23/h9-12,14-15,28H,4-8,21H2,1-3H3,(H,25,33)(H,26,31)(H,27,32)(H,29,30)(H,34,35)(H4,22,23,24). The molecule has 3 amide bonds. The summed E-state index contributed by atoms with van der Waals surface area (Å²) in [6.07, 6.45) is -1.43. The number of aliphatic imine (C=N–C) groups is 1. The molecule has 12 N–H and O–H groups in total. The minimum Gasteiger partial charge on any atom is -0.481 e. The lowest BCUT2D eigenvalue weighted by molar-refractivity contribution is -0.143. The van der Waals surface area contributed by atoms with Crippen LogP contribution in [-0.4, -0.2) is 87.8 Å². The van der Waals surface area contributed by atoms with Crippen molar-refractivity contribution in [3.63, 3.8) is 0 Å². The smallest absolute Gasteiger partial charge is 0.326 e. The van der Waals surface area contributed by atoms with Gasteiger partial charge >= 0.3 is 11.9 Å². The molecule has 0 saturated heterocycles. The second-order valence-corrected chi connectivity index (χ2v) is 8.15. The molecular formula is C20H37N7O8. The zero-order valence-corrected chi connectivity index (χ0v) is 20.1. The third-order valence-corrected chi connectivity index (χ3v) is 5.15. The third-order valence-electron chi connectivity index (χ3n) is 5.15. The molecule has 0 aromatic carbocycles. The van der Waals surface area contributed by atoms with Gasteiger partial charge in [-0.2, -0.15) is 0 Å². The maximum atomic E-state index is 12.9. The Labute approximate surface area is 202 Å². The maximum Gasteiger partial charge on any atom is 0.326 e. The van der Waals surface area contributed by atoms with Gasteiger partial charge in [-0.15, -0.1) is 0 Å². The van der Waals surface area contributed by atoms with E-state index in [2.05, 4.69) is 20.9 Å². The van der Waals surface area contributed by atoms with E-state index in [1.807, 2.05) is 0 Å². The summed E-state index contributed by atoms with van der Waals surface area (Å²) < 4.78 is 0. The molecule has 200 valence electrons. The van der Waals surface area contributed by atoms with E-state index in [0.29, 0.717) is 6.42 Å². The molecule has 0 fully saturated rings. The molecule has 6 unspecified atom stereocenters. The summed E-state index contributed by atoms with van der Waals surface area (Å²) in [5, 5.41) is 35.2. The van der Waals surface area contributed by atoms with Crippen molar-refractivity contribution in [1.82, 2.24) is 16.0 Å². The lowest BCUT2D eigenvalue weighted by atomic mass is 9.97. The normalized spacial score (nSPS) is 15.9. The number of amides is 3. The van der Waals surface area contributed by atoms with E-state index in [1.54, 1.807) is 13.8 Å². The monoisotopic (exact) mass is 503 g/mol. The number of aliphatic hydroxyl groups excluding tert-OH is 1. The number of carboxylic acid groups (broad SMARTS) is 2. The number of carbonyl (C=O) groups is 5. The highest BCUT2D eigenvalue weighted by Crippen LogP contribution is 2.10. The van der Waals surface area contributed by atoms with Gasteiger partial charge in [-0.05, 0) is 25.7 Å². The summed E-state index contributed by atoms with van der Waals surface area (Å²) in [4.78, 5) is 63.9. The van der Waals surface area contributed by atoms with E-state index in [-0.39, 0.29) is 25.3 Å². The molecule has 0 aliphatic carbocycles. The van der Waals surface area contributed by atoms with Crippen molar-refractivity contribution in [2.24, 2.45) is 28.1 Å². The van der Waals surface area contributed by atoms with Crippen LogP contribution in [0.4, 0.5) is 0 Å². The Bertz CT molecular complexity index is 785. The zero-order valence-electron chi connectivity index (χ0n) is 20.1. The van der Waals surface area contributed by atoms with Crippen molar-refractivity contribution >= 4 is 35.6 Å². The molecule has 6 atom stereocenters. The van der Waals surface area contributed by atoms with E-state index in [9.17, 15) is 34.2 Å². The number of hydrogen-bond acceptors (Lipinski definition) is 8. The number of nitrogens with zero attached hydrogens (tertiary/aromatic N) is 1. The van der Waals surface area contributed by atoms with Gasteiger partial charge in [-0.25, -0.2) is 4.79 Å². The Morgan fingerprint density at radius 3 is 1.91 bits per heavy atom. The molecule has 0 aliphatic heterocycles. The van der Waals surface area contributed by atoms with Gasteiger partial charge in [-0.1, -0.05) is 20.3 Å². The van der Waals surface area contributed by atoms with Gasteiger partial charge in [0.1, 0.15) is 18.1 Å². The molecule has 0 aliphatic rings. The van der Waals surface area contributed by atoms with Crippen LogP contribution in [0.15, 0.2) is 4.99 Å². The summed E-state index contributed by atoms with van der Waals surface area (Å²) in [5.74, 6) is -5.92. The number of guanidine groups is 1. The highest BCUT2D eigenvalue weighted by Gasteiger charge is 2.34. The van der Waals surface area contributed by atoms with Gasteiger partial charge < -0.3 is 48.5 Å². The first kappa shape index (κ1) is 31.5. The molecule has 15 heteroatoms. The van der Waals surface area contributed by atoms with Gasteiger partial charge in [0, 0.05) is 6.54 Å². The number of nitrogens with two attached hydrogens (primary N) is 3. The Hall–Kier alpha value is -3.46. The van der Waals surface area contributed by atoms with E-state index in [1.165, 1.54) is 6.92 Å². The predicted octanol–water partition coefficient (Wildman–Crippen LogP) is -3.19. The minimum atomic E-state index is -1.54. The second kappa shape index (κ2) is 15.4. The van der Waals surface area contributed by atoms with Crippen molar-refractivity contribution < 1.29 is 39.3 Å². The van der Waals surface area contributed by atoms with Crippen LogP contribution >= 0.6 is 0 Å². The largest absolute Gasteiger partial charge is 0.481 e. The summed E-state index contributed by atoms with van der Waals surface area (Å²) in [6.45, 7) is 4.74. The minimum absolute atomic E-state index is 0.0225. The summed E-state index contributed by atoms with van der Waals surface area (Å²) in [5.41, 5.74) is 16.0. The average molecular weight is 504 g/mol. The zero-order chi connectivity index (χ0) is 27.3. The Morgan fingerprint density at radius 2 is 1.46 bits per heavy atom. The summed E-state index contributed by atoms with van der Waals surface area (Å²) in [7, 11) is 0. The quantitative estimate of drug-likeness (QED) is 0.0574. The van der Waals surface area contributed by atoms with Gasteiger partial charge in [0.05, 0.1) is 18.6 Å². The molecule has 0 heterocycles. The molecule has 0 rings (SSSR count). The number of nitrogens with one attached hydrogen (secondary N) is 3. The molecule has 35 heavy (non-hydrogen) atoms. The highest BCUT2D eigenvalue weighted by atomic mass is 16.4. The van der Waals surface area contributed by atoms with Crippen molar-refractivity contribution in [2.45, 2.75) is 76.7 Å². The SMILES string of the molecule is CCC(C)C(NC(=O)C(N)CC(=O)O)C(=O)NC(C(=O)NC(CCCN=C(N)N)C(=O)O)C(C)O. The Morgan fingerprint density at radius 1 is 0.914 bits per heavy atom. The average Bonchev–Trinajstić information content (AvgIpc) is 2.75. The maximum absolute atomic E-state index is 12.9. The fraction of sp³-hybridized carbons (Fsp3) is 0.700. The van der Waals surface area contributed by atoms with Crippen LogP contribution in [0.1, 0.15) is 46.5 Å². The van der Waals surface area contributed by atoms with Crippen LogP contribution in [0.3, 0.4) is 0 Å². The number of hydrogen-bond donors (Lipinski definition) is 9. The molecular weight excluding hydrogens is 466 g/mol. The topological polar surface area (TPSA) is 273 Å². The lowest BCUT2D eigenvalue weighted by Crippen LogP contribution is -2.61. The molecule has 0 radical (unpaired) electrons. The van der Waals surface area contributed by atoms with Crippen molar-refractivity contribution in [1.29, 1.82) is 0 Å². The Balaban J connectivity index is 5.43. The van der Waals surface area contributed by atoms with Crippen molar-refractivity contribution in [3.05, 3.63) is 0 Å². The van der Waals surface area contributed by atoms with E-state index in [0.717, 1.165) is 0 Å². The van der Waals surface area contributed by atoms with E-state index in [4.69, 9.17) is 22.3 Å². The van der Waals surface area contributed by atoms with Gasteiger partial charge in [0.25, 0.3) is 0 Å². The van der Waals surface area contributed by atoms with Gasteiger partial charge in [0.2, 0.25) is 17.7 Å². The van der Waals surface area contributed by atoms with Crippen molar-refractivity contribution in [3.8, 4) is 0 Å². The van der Waals surface area contributed by atoms with Crippen LogP contribution in [0, 0.1) is 5.92 Å². The number of aliphatic carboxylic acids is 2. The molecule has 0 aromatic heterocycles. The van der Waals surface area contributed by atoms with Crippen LogP contribution in [0.25, 0.3) is 0 Å². The molecule has 0 aromatic rings. The first-order valence-electron chi connectivity index (χ1n) is 11.1. The number of aliphatic hydroxyl groups is 1. The summed E-state index contributed by atoms with van der Waals surface area (Å²) in [6, 6.07) is -5.48. The van der Waals surface area contributed by atoms with Gasteiger partial charge in [0.15, 0.2) is 5.96 Å². The third kappa shape index (κ3) is 12.0. The van der Waals surface area contributed by atoms with Crippen LogP contribution in [0.5, 0.6) is 0 Å². The molecule has 0 spiro atoms. The van der Waals surface area contributed by atoms with Crippen LogP contribution in [-0.2, 0) is 24.0 Å². The first-order valence-corrected chi connectivity index (χ1v) is 11.1. The van der Waals surface area contributed by atoms with Crippen LogP contribution < -0.4 is 33.2 Å². The highest BCUT2D eigenvalue weighted by molar-refractivity contribution is 5.95. The fourth-order valence-corrected chi connectivity index (χ4v) is 2.91. The predicted molar refractivity (Wildman–Crippen MR) is 125 cm³/mol. The molecule has 0 bridgehead atoms. The number of carbonyl (C=O) groups excluding carboxylic acids is 3. The lowest BCUT2D eigenvalue weighted by Gasteiger charge is -2.28. The van der Waals surface area contributed by atoms with Crippen LogP contribution in [0.2, 0.25) is 0 Å². The van der Waals surface area contributed by atoms with Gasteiger partial charge in [-0.3, -0.25) is 24.2 Å². The number of rotatable bonds is 16. The fourth-order valence-electron chi connectivity index (χ4n) is 2.91. The number of carboxylic acids is 2. The van der Waals surface area contributed by atoms with E-state index >= 15 is 0 Å². The molecule has 15 nitrogen and oxygen atoms in total.